The lowest BCUT2D eigenvalue weighted by Gasteiger charge is -2.29. The molecule has 0 aromatic heterocycles. The minimum absolute atomic E-state index is 0. The molecule has 0 radical (unpaired) electrons. The zero-order valence-electron chi connectivity index (χ0n) is 11.5. The van der Waals surface area contributed by atoms with E-state index in [2.05, 4.69) is 0 Å². The lowest BCUT2D eigenvalue weighted by Crippen LogP contribution is -2.46. The summed E-state index contributed by atoms with van der Waals surface area (Å²) < 4.78 is 31.3. The molecule has 0 spiro atoms. The zero-order valence-corrected chi connectivity index (χ0v) is 13.1. The third kappa shape index (κ3) is 4.34. The molecule has 1 aliphatic heterocycles. The second kappa shape index (κ2) is 7.26. The lowest BCUT2D eigenvalue weighted by molar-refractivity contribution is 0.315. The standard InChI is InChI=1S/C13H20N2O3S.ClH/c1-18-13-6-2-4-11(8-13)10-19(16,17)15-7-3-5-12(14)9-15;/h2,4,6,8,12H,3,5,7,9-10,14H2,1H3;1H/t12-;/m1./s1. The van der Waals surface area contributed by atoms with E-state index in [1.54, 1.807) is 31.4 Å². The highest BCUT2D eigenvalue weighted by atomic mass is 35.5. The van der Waals surface area contributed by atoms with E-state index in [9.17, 15) is 8.42 Å². The lowest BCUT2D eigenvalue weighted by atomic mass is 10.1. The average molecular weight is 321 g/mol. The van der Waals surface area contributed by atoms with E-state index in [0.717, 1.165) is 18.4 Å². The highest BCUT2D eigenvalue weighted by molar-refractivity contribution is 7.88. The highest BCUT2D eigenvalue weighted by Crippen LogP contribution is 2.19. The second-order valence-corrected chi connectivity index (χ2v) is 6.84. The van der Waals surface area contributed by atoms with Gasteiger partial charge in [0.15, 0.2) is 0 Å². The third-order valence-corrected chi connectivity index (χ3v) is 5.11. The van der Waals surface area contributed by atoms with Crippen LogP contribution in [-0.2, 0) is 15.8 Å². The molecular formula is C13H21ClN2O3S. The first-order valence-corrected chi connectivity index (χ1v) is 7.98. The minimum Gasteiger partial charge on any atom is -0.497 e. The van der Waals surface area contributed by atoms with Crippen LogP contribution in [0.5, 0.6) is 5.75 Å². The van der Waals surface area contributed by atoms with E-state index in [1.165, 1.54) is 4.31 Å². The van der Waals surface area contributed by atoms with Crippen LogP contribution in [0.1, 0.15) is 18.4 Å². The van der Waals surface area contributed by atoms with E-state index < -0.39 is 10.0 Å². The fourth-order valence-electron chi connectivity index (χ4n) is 2.29. The molecule has 0 unspecified atom stereocenters. The van der Waals surface area contributed by atoms with Gasteiger partial charge < -0.3 is 10.5 Å². The molecule has 0 saturated carbocycles. The Morgan fingerprint density at radius 1 is 1.45 bits per heavy atom. The van der Waals surface area contributed by atoms with Gasteiger partial charge in [0.1, 0.15) is 5.75 Å². The molecule has 0 aliphatic carbocycles. The number of piperidine rings is 1. The fraction of sp³-hybridized carbons (Fsp3) is 0.538. The molecule has 114 valence electrons. The molecule has 1 aromatic carbocycles. The molecule has 1 saturated heterocycles. The maximum atomic E-state index is 12.3. The molecule has 0 bridgehead atoms. The van der Waals surface area contributed by atoms with Crippen molar-refractivity contribution >= 4 is 22.4 Å². The van der Waals surface area contributed by atoms with Gasteiger partial charge in [-0.15, -0.1) is 12.4 Å². The Bertz CT molecular complexity index is 536. The summed E-state index contributed by atoms with van der Waals surface area (Å²) in [7, 11) is -1.73. The Kier molecular flexibility index (Phi) is 6.26. The normalized spacial score (nSPS) is 20.2. The molecule has 1 aliphatic rings. The Balaban J connectivity index is 0.00000200. The number of halogens is 1. The van der Waals surface area contributed by atoms with Gasteiger partial charge in [0.2, 0.25) is 10.0 Å². The van der Waals surface area contributed by atoms with Crippen molar-refractivity contribution in [2.75, 3.05) is 20.2 Å². The van der Waals surface area contributed by atoms with Crippen LogP contribution in [-0.4, -0.2) is 39.0 Å². The summed E-state index contributed by atoms with van der Waals surface area (Å²) in [5.41, 5.74) is 6.57. The Labute approximate surface area is 126 Å². The highest BCUT2D eigenvalue weighted by Gasteiger charge is 2.27. The van der Waals surface area contributed by atoms with Crippen molar-refractivity contribution in [3.63, 3.8) is 0 Å². The van der Waals surface area contributed by atoms with Gasteiger partial charge in [0, 0.05) is 19.1 Å². The number of nitrogens with two attached hydrogens (primary N) is 1. The molecule has 0 amide bonds. The predicted molar refractivity (Wildman–Crippen MR) is 81.6 cm³/mol. The SMILES string of the molecule is COc1cccc(CS(=O)(=O)N2CCC[C@@H](N)C2)c1.Cl. The minimum atomic E-state index is -3.30. The predicted octanol–water partition coefficient (Wildman–Crippen LogP) is 1.37. The van der Waals surface area contributed by atoms with Crippen LogP contribution in [0, 0.1) is 0 Å². The van der Waals surface area contributed by atoms with Gasteiger partial charge in [-0.05, 0) is 30.5 Å². The second-order valence-electron chi connectivity index (χ2n) is 4.87. The van der Waals surface area contributed by atoms with Gasteiger partial charge in [-0.2, -0.15) is 0 Å². The molecule has 2 N–H and O–H groups in total. The van der Waals surface area contributed by atoms with Gasteiger partial charge in [0.05, 0.1) is 12.9 Å². The number of sulfonamides is 1. The van der Waals surface area contributed by atoms with Crippen LogP contribution < -0.4 is 10.5 Å². The van der Waals surface area contributed by atoms with E-state index in [1.807, 2.05) is 0 Å². The van der Waals surface area contributed by atoms with Gasteiger partial charge in [-0.1, -0.05) is 12.1 Å². The molecule has 2 rings (SSSR count). The van der Waals surface area contributed by atoms with Crippen LogP contribution in [0.2, 0.25) is 0 Å². The maximum Gasteiger partial charge on any atom is 0.218 e. The van der Waals surface area contributed by atoms with Crippen LogP contribution in [0.4, 0.5) is 0 Å². The largest absolute Gasteiger partial charge is 0.497 e. The van der Waals surface area contributed by atoms with Crippen molar-refractivity contribution in [1.29, 1.82) is 0 Å². The summed E-state index contributed by atoms with van der Waals surface area (Å²) in [4.78, 5) is 0. The van der Waals surface area contributed by atoms with Gasteiger partial charge in [0.25, 0.3) is 0 Å². The van der Waals surface area contributed by atoms with Gasteiger partial charge in [-0.3, -0.25) is 0 Å². The van der Waals surface area contributed by atoms with Crippen LogP contribution in [0.25, 0.3) is 0 Å². The molecule has 1 atom stereocenters. The third-order valence-electron chi connectivity index (χ3n) is 3.30. The zero-order chi connectivity index (χ0) is 13.9. The number of benzene rings is 1. The summed E-state index contributed by atoms with van der Waals surface area (Å²) in [6.45, 7) is 0.992. The van der Waals surface area contributed by atoms with Crippen molar-refractivity contribution in [2.45, 2.75) is 24.6 Å². The van der Waals surface area contributed by atoms with E-state index in [4.69, 9.17) is 10.5 Å². The smallest absolute Gasteiger partial charge is 0.218 e. The van der Waals surface area contributed by atoms with Crippen molar-refractivity contribution in [2.24, 2.45) is 5.73 Å². The molecule has 1 fully saturated rings. The van der Waals surface area contributed by atoms with Gasteiger partial charge >= 0.3 is 0 Å². The summed E-state index contributed by atoms with van der Waals surface area (Å²) in [5, 5.41) is 0. The Morgan fingerprint density at radius 3 is 2.85 bits per heavy atom. The molecule has 1 aromatic rings. The molecule has 7 heteroatoms. The number of ether oxygens (including phenoxy) is 1. The summed E-state index contributed by atoms with van der Waals surface area (Å²) in [6.07, 6.45) is 1.73. The van der Waals surface area contributed by atoms with Crippen molar-refractivity contribution in [1.82, 2.24) is 4.31 Å². The number of rotatable bonds is 4. The van der Waals surface area contributed by atoms with Crippen LogP contribution >= 0.6 is 12.4 Å². The maximum absolute atomic E-state index is 12.3. The van der Waals surface area contributed by atoms with Crippen LogP contribution in [0.15, 0.2) is 24.3 Å². The van der Waals surface area contributed by atoms with E-state index >= 15 is 0 Å². The Hall–Kier alpha value is -0.820. The van der Waals surface area contributed by atoms with Crippen molar-refractivity contribution in [3.05, 3.63) is 29.8 Å². The first kappa shape index (κ1) is 17.2. The molecular weight excluding hydrogens is 300 g/mol. The van der Waals surface area contributed by atoms with E-state index in [-0.39, 0.29) is 24.2 Å². The Morgan fingerprint density at radius 2 is 2.20 bits per heavy atom. The first-order chi connectivity index (χ1) is 9.01. The summed E-state index contributed by atoms with van der Waals surface area (Å²) in [6, 6.07) is 7.10. The molecule has 20 heavy (non-hydrogen) atoms. The van der Waals surface area contributed by atoms with Crippen molar-refractivity contribution < 1.29 is 13.2 Å². The number of methoxy groups -OCH3 is 1. The molecule has 5 nitrogen and oxygen atoms in total. The topological polar surface area (TPSA) is 72.6 Å². The fourth-order valence-corrected chi connectivity index (χ4v) is 3.90. The van der Waals surface area contributed by atoms with Gasteiger partial charge in [-0.25, -0.2) is 12.7 Å². The van der Waals surface area contributed by atoms with E-state index in [0.29, 0.717) is 18.8 Å². The number of hydrogen-bond acceptors (Lipinski definition) is 4. The monoisotopic (exact) mass is 320 g/mol. The molecule has 1 heterocycles. The summed E-state index contributed by atoms with van der Waals surface area (Å²) >= 11 is 0. The quantitative estimate of drug-likeness (QED) is 0.909. The number of hydrogen-bond donors (Lipinski definition) is 1. The van der Waals surface area contributed by atoms with Crippen LogP contribution in [0.3, 0.4) is 0 Å². The number of nitrogens with zero attached hydrogens (tertiary/aromatic N) is 1. The van der Waals surface area contributed by atoms with Crippen molar-refractivity contribution in [3.8, 4) is 5.75 Å². The average Bonchev–Trinajstić information content (AvgIpc) is 2.38. The summed E-state index contributed by atoms with van der Waals surface area (Å²) in [5.74, 6) is 0.666. The first-order valence-electron chi connectivity index (χ1n) is 6.37.